The lowest BCUT2D eigenvalue weighted by molar-refractivity contribution is 0.0526. The topological polar surface area (TPSA) is 26.3 Å². The van der Waals surface area contributed by atoms with Crippen LogP contribution in [0.15, 0.2) is 91.0 Å². The summed E-state index contributed by atoms with van der Waals surface area (Å²) in [6.07, 6.45) is 0. The second kappa shape index (κ2) is 10.4. The second-order valence-electron chi connectivity index (χ2n) is 4.94. The molecule has 122 valence electrons. The van der Waals surface area contributed by atoms with Gasteiger partial charge in [0, 0.05) is 0 Å². The molecule has 0 atom stereocenters. The molecule has 2 nitrogen and oxygen atoms in total. The van der Waals surface area contributed by atoms with Crippen molar-refractivity contribution in [2.45, 2.75) is 6.92 Å². The molecule has 3 aromatic carbocycles. The van der Waals surface area contributed by atoms with Gasteiger partial charge in [-0.1, -0.05) is 87.4 Å². The highest BCUT2D eigenvalue weighted by Crippen LogP contribution is 2.08. The van der Waals surface area contributed by atoms with Crippen molar-refractivity contribution in [1.29, 1.82) is 0 Å². The van der Waals surface area contributed by atoms with Crippen LogP contribution in [-0.2, 0) is 4.74 Å². The fraction of sp³-hybridized carbons (Fsp3) is 0.0952. The lowest BCUT2D eigenvalue weighted by Crippen LogP contribution is -2.03. The van der Waals surface area contributed by atoms with Gasteiger partial charge in [0.2, 0.25) is 0 Å². The van der Waals surface area contributed by atoms with Crippen molar-refractivity contribution in [3.8, 4) is 0 Å². The summed E-state index contributed by atoms with van der Waals surface area (Å²) in [7, 11) is 0.777. The Bertz CT molecular complexity index is 675. The molecular weight excluding hydrogens is 315 g/mol. The number of hydrogen-bond acceptors (Lipinski definition) is 2. The van der Waals surface area contributed by atoms with Gasteiger partial charge < -0.3 is 4.74 Å². The molecule has 0 aliphatic carbocycles. The maximum absolute atomic E-state index is 11.0. The van der Waals surface area contributed by atoms with Gasteiger partial charge >= 0.3 is 5.97 Å². The molecular formula is C21H21O2P. The molecule has 0 aromatic heterocycles. The van der Waals surface area contributed by atoms with Crippen molar-refractivity contribution in [3.63, 3.8) is 0 Å². The van der Waals surface area contributed by atoms with E-state index in [2.05, 4.69) is 60.7 Å². The van der Waals surface area contributed by atoms with Crippen LogP contribution in [0.3, 0.4) is 0 Å². The Balaban J connectivity index is 0.000000177. The van der Waals surface area contributed by atoms with E-state index in [1.807, 2.05) is 18.2 Å². The highest BCUT2D eigenvalue weighted by atomic mass is 31.1. The summed E-state index contributed by atoms with van der Waals surface area (Å²) in [5.41, 5.74) is 0.606. The fourth-order valence-corrected chi connectivity index (χ4v) is 3.05. The smallest absolute Gasteiger partial charge is 0.338 e. The number of esters is 1. The molecule has 0 saturated heterocycles. The monoisotopic (exact) mass is 336 g/mol. The third kappa shape index (κ3) is 6.36. The summed E-state index contributed by atoms with van der Waals surface area (Å²) in [6.45, 7) is 2.22. The van der Waals surface area contributed by atoms with E-state index in [4.69, 9.17) is 4.74 Å². The van der Waals surface area contributed by atoms with E-state index >= 15 is 0 Å². The van der Waals surface area contributed by atoms with Gasteiger partial charge in [-0.05, 0) is 29.7 Å². The van der Waals surface area contributed by atoms with E-state index < -0.39 is 0 Å². The van der Waals surface area contributed by atoms with Gasteiger partial charge in [-0.2, -0.15) is 0 Å². The predicted molar refractivity (Wildman–Crippen MR) is 103 cm³/mol. The fourth-order valence-electron chi connectivity index (χ4n) is 2.00. The SMILES string of the molecule is CCOC(=O)c1ccccc1.c1ccc(Pc2ccccc2)cc1. The molecule has 3 rings (SSSR count). The summed E-state index contributed by atoms with van der Waals surface area (Å²) < 4.78 is 4.79. The summed E-state index contributed by atoms with van der Waals surface area (Å²) in [5, 5.41) is 2.79. The van der Waals surface area contributed by atoms with E-state index in [1.54, 1.807) is 19.1 Å². The lowest BCUT2D eigenvalue weighted by Gasteiger charge is -2.00. The third-order valence-corrected chi connectivity index (χ3v) is 4.37. The molecule has 0 heterocycles. The van der Waals surface area contributed by atoms with E-state index in [0.717, 1.165) is 8.58 Å². The first kappa shape index (κ1) is 17.9. The Hall–Kier alpha value is -2.44. The van der Waals surface area contributed by atoms with Gasteiger partial charge in [0.25, 0.3) is 0 Å². The predicted octanol–water partition coefficient (Wildman–Crippen LogP) is 4.18. The summed E-state index contributed by atoms with van der Waals surface area (Å²) in [4.78, 5) is 11.0. The largest absolute Gasteiger partial charge is 0.462 e. The molecule has 3 heteroatoms. The highest BCUT2D eigenvalue weighted by Gasteiger charge is 2.02. The minimum atomic E-state index is -0.256. The van der Waals surface area contributed by atoms with Crippen LogP contribution >= 0.6 is 8.58 Å². The van der Waals surface area contributed by atoms with Crippen molar-refractivity contribution in [1.82, 2.24) is 0 Å². The average molecular weight is 336 g/mol. The second-order valence-corrected chi connectivity index (χ2v) is 6.35. The molecule has 0 saturated carbocycles. The van der Waals surface area contributed by atoms with Crippen molar-refractivity contribution < 1.29 is 9.53 Å². The first-order valence-corrected chi connectivity index (χ1v) is 8.89. The maximum atomic E-state index is 11.0. The van der Waals surface area contributed by atoms with E-state index in [9.17, 15) is 4.79 Å². The number of ether oxygens (including phenoxy) is 1. The number of hydrogen-bond donors (Lipinski definition) is 0. The first-order chi connectivity index (χ1) is 11.8. The summed E-state index contributed by atoms with van der Waals surface area (Å²) in [5.74, 6) is -0.256. The van der Waals surface area contributed by atoms with Gasteiger partial charge in [0.1, 0.15) is 0 Å². The van der Waals surface area contributed by atoms with Crippen LogP contribution in [0.2, 0.25) is 0 Å². The van der Waals surface area contributed by atoms with Gasteiger partial charge in [-0.25, -0.2) is 4.79 Å². The van der Waals surface area contributed by atoms with E-state index in [-0.39, 0.29) is 5.97 Å². The van der Waals surface area contributed by atoms with Crippen LogP contribution in [0, 0.1) is 0 Å². The number of carbonyl (C=O) groups is 1. The normalized spacial score (nSPS) is 9.54. The minimum Gasteiger partial charge on any atom is -0.462 e. The zero-order valence-electron chi connectivity index (χ0n) is 13.7. The molecule has 0 aliphatic rings. The van der Waals surface area contributed by atoms with E-state index in [1.165, 1.54) is 10.6 Å². The van der Waals surface area contributed by atoms with Crippen molar-refractivity contribution >= 4 is 25.2 Å². The Labute approximate surface area is 145 Å². The van der Waals surface area contributed by atoms with Gasteiger partial charge in [0.15, 0.2) is 0 Å². The van der Waals surface area contributed by atoms with Gasteiger partial charge in [-0.15, -0.1) is 0 Å². The van der Waals surface area contributed by atoms with Crippen molar-refractivity contribution in [3.05, 3.63) is 96.6 Å². The Morgan fingerprint density at radius 3 is 1.58 bits per heavy atom. The zero-order chi connectivity index (χ0) is 17.0. The standard InChI is InChI=1S/C12H11P.C9H10O2/c1-3-7-11(8-4-1)13-12-9-5-2-6-10-12;1-2-11-9(10)8-6-4-3-5-7-8/h1-10,13H;3-7H,2H2,1H3. The lowest BCUT2D eigenvalue weighted by atomic mass is 10.2. The van der Waals surface area contributed by atoms with Crippen LogP contribution in [0.5, 0.6) is 0 Å². The van der Waals surface area contributed by atoms with Crippen LogP contribution in [0.1, 0.15) is 17.3 Å². The molecule has 24 heavy (non-hydrogen) atoms. The third-order valence-electron chi connectivity index (χ3n) is 3.12. The minimum absolute atomic E-state index is 0.256. The molecule has 0 radical (unpaired) electrons. The van der Waals surface area contributed by atoms with Crippen LogP contribution in [0.4, 0.5) is 0 Å². The van der Waals surface area contributed by atoms with Crippen LogP contribution in [-0.4, -0.2) is 12.6 Å². The molecule has 0 bridgehead atoms. The van der Waals surface area contributed by atoms with Gasteiger partial charge in [0.05, 0.1) is 12.2 Å². The molecule has 0 spiro atoms. The first-order valence-electron chi connectivity index (χ1n) is 7.89. The number of benzene rings is 3. The van der Waals surface area contributed by atoms with Crippen molar-refractivity contribution in [2.24, 2.45) is 0 Å². The molecule has 0 unspecified atom stereocenters. The Kier molecular flexibility index (Phi) is 7.73. The molecule has 0 aliphatic heterocycles. The average Bonchev–Trinajstić information content (AvgIpc) is 2.65. The van der Waals surface area contributed by atoms with Gasteiger partial charge in [-0.3, -0.25) is 0 Å². The summed E-state index contributed by atoms with van der Waals surface area (Å²) >= 11 is 0. The van der Waals surface area contributed by atoms with Crippen LogP contribution in [0.25, 0.3) is 0 Å². The molecule has 3 aromatic rings. The quantitative estimate of drug-likeness (QED) is 0.528. The zero-order valence-corrected chi connectivity index (χ0v) is 14.7. The molecule has 0 fully saturated rings. The summed E-state index contributed by atoms with van der Waals surface area (Å²) in [6, 6.07) is 30.1. The molecule has 0 amide bonds. The Morgan fingerprint density at radius 2 is 1.17 bits per heavy atom. The maximum Gasteiger partial charge on any atom is 0.338 e. The van der Waals surface area contributed by atoms with Crippen LogP contribution < -0.4 is 10.6 Å². The van der Waals surface area contributed by atoms with E-state index in [0.29, 0.717) is 12.2 Å². The highest BCUT2D eigenvalue weighted by molar-refractivity contribution is 7.55. The number of carbonyl (C=O) groups excluding carboxylic acids is 1. The van der Waals surface area contributed by atoms with Crippen molar-refractivity contribution in [2.75, 3.05) is 6.61 Å². The molecule has 0 N–H and O–H groups in total. The number of rotatable bonds is 4. The Morgan fingerprint density at radius 1 is 0.750 bits per heavy atom.